The number of nitrogens with zero attached hydrogens (tertiary/aromatic N) is 1. The number of halogens is 4. The topological polar surface area (TPSA) is 63.4 Å². The van der Waals surface area contributed by atoms with Crippen LogP contribution in [0.4, 0.5) is 18.9 Å². The third-order valence-electron chi connectivity index (χ3n) is 2.83. The molecule has 1 aromatic rings. The number of nitrogen functional groups attached to an aromatic ring is 1. The Morgan fingerprint density at radius 2 is 1.95 bits per heavy atom. The van der Waals surface area contributed by atoms with Crippen molar-refractivity contribution in [2.75, 3.05) is 12.3 Å². The Hall–Kier alpha value is -0.800. The van der Waals surface area contributed by atoms with E-state index in [1.54, 1.807) is 0 Å². The molecule has 2 rings (SSSR count). The summed E-state index contributed by atoms with van der Waals surface area (Å²) >= 11 is 3.04. The summed E-state index contributed by atoms with van der Waals surface area (Å²) in [7, 11) is -4.24. The molecule has 1 fully saturated rings. The molecule has 0 atom stereocenters. The molecule has 1 aliphatic carbocycles. The predicted octanol–water partition coefficient (Wildman–Crippen LogP) is 2.75. The van der Waals surface area contributed by atoms with Gasteiger partial charge >= 0.3 is 6.18 Å². The third-order valence-corrected chi connectivity index (χ3v) is 5.72. The van der Waals surface area contributed by atoms with Crippen LogP contribution in [0.25, 0.3) is 0 Å². The van der Waals surface area contributed by atoms with E-state index in [1.165, 1.54) is 12.1 Å². The summed E-state index contributed by atoms with van der Waals surface area (Å²) in [6, 6.07) is 3.44. The standard InChI is InChI=1S/C11H12BrF3N2O2S/c12-9-4-1-7(16)5-10(9)20(18,19)17(8-2-3-8)6-11(13,14)15/h1,4-5,8H,2-3,6,16H2. The highest BCUT2D eigenvalue weighted by Gasteiger charge is 2.45. The first kappa shape index (κ1) is 15.6. The van der Waals surface area contributed by atoms with Crippen molar-refractivity contribution in [3.63, 3.8) is 0 Å². The second kappa shape index (κ2) is 5.19. The van der Waals surface area contributed by atoms with Gasteiger partial charge in [-0.3, -0.25) is 0 Å². The van der Waals surface area contributed by atoms with Gasteiger partial charge in [0.2, 0.25) is 10.0 Å². The van der Waals surface area contributed by atoms with Crippen molar-refractivity contribution in [1.29, 1.82) is 0 Å². The minimum absolute atomic E-state index is 0.175. The molecule has 1 aliphatic rings. The Morgan fingerprint density at radius 3 is 2.45 bits per heavy atom. The molecule has 0 aliphatic heterocycles. The van der Waals surface area contributed by atoms with Gasteiger partial charge in [-0.05, 0) is 47.0 Å². The third kappa shape index (κ3) is 3.44. The quantitative estimate of drug-likeness (QED) is 0.826. The van der Waals surface area contributed by atoms with Crippen molar-refractivity contribution in [3.05, 3.63) is 22.7 Å². The summed E-state index contributed by atoms with van der Waals surface area (Å²) in [6.07, 6.45) is -3.70. The van der Waals surface area contributed by atoms with Crippen molar-refractivity contribution in [2.45, 2.75) is 30.0 Å². The van der Waals surface area contributed by atoms with E-state index in [2.05, 4.69) is 15.9 Å². The molecule has 1 saturated carbocycles. The van der Waals surface area contributed by atoms with Gasteiger partial charge in [-0.25, -0.2) is 8.42 Å². The van der Waals surface area contributed by atoms with Gasteiger partial charge in [-0.2, -0.15) is 17.5 Å². The minimum Gasteiger partial charge on any atom is -0.399 e. The highest BCUT2D eigenvalue weighted by molar-refractivity contribution is 9.10. The molecule has 112 valence electrons. The number of nitrogens with two attached hydrogens (primary N) is 1. The average molecular weight is 373 g/mol. The number of anilines is 1. The lowest BCUT2D eigenvalue weighted by Crippen LogP contribution is -2.40. The van der Waals surface area contributed by atoms with E-state index in [9.17, 15) is 21.6 Å². The molecule has 1 aromatic carbocycles. The van der Waals surface area contributed by atoms with Crippen LogP contribution in [0.5, 0.6) is 0 Å². The second-order valence-corrected chi connectivity index (χ2v) is 7.30. The Bertz CT molecular complexity index is 615. The monoisotopic (exact) mass is 372 g/mol. The zero-order chi connectivity index (χ0) is 15.1. The van der Waals surface area contributed by atoms with E-state index in [1.807, 2.05) is 0 Å². The van der Waals surface area contributed by atoms with Crippen molar-refractivity contribution < 1.29 is 21.6 Å². The van der Waals surface area contributed by atoms with Crippen molar-refractivity contribution in [2.24, 2.45) is 0 Å². The first-order chi connectivity index (χ1) is 9.11. The largest absolute Gasteiger partial charge is 0.402 e. The maximum Gasteiger partial charge on any atom is 0.402 e. The molecule has 2 N–H and O–H groups in total. The molecule has 0 bridgehead atoms. The van der Waals surface area contributed by atoms with Gasteiger partial charge in [0.25, 0.3) is 0 Å². The highest BCUT2D eigenvalue weighted by atomic mass is 79.9. The van der Waals surface area contributed by atoms with Gasteiger partial charge in [0.15, 0.2) is 0 Å². The van der Waals surface area contributed by atoms with E-state index in [4.69, 9.17) is 5.73 Å². The van der Waals surface area contributed by atoms with Crippen molar-refractivity contribution in [1.82, 2.24) is 4.31 Å². The van der Waals surface area contributed by atoms with Gasteiger partial charge < -0.3 is 5.73 Å². The van der Waals surface area contributed by atoms with Crippen LogP contribution in [0.2, 0.25) is 0 Å². The summed E-state index contributed by atoms with van der Waals surface area (Å²) in [5, 5.41) is 0. The van der Waals surface area contributed by atoms with Crippen LogP contribution >= 0.6 is 15.9 Å². The molecule has 0 radical (unpaired) electrons. The molecule has 0 heterocycles. The number of hydrogen-bond acceptors (Lipinski definition) is 3. The van der Waals surface area contributed by atoms with Crippen LogP contribution in [0.3, 0.4) is 0 Å². The molecule has 0 saturated heterocycles. The fourth-order valence-electron chi connectivity index (χ4n) is 1.79. The van der Waals surface area contributed by atoms with Crippen LogP contribution in [0, 0.1) is 0 Å². The molecule has 20 heavy (non-hydrogen) atoms. The first-order valence-corrected chi connectivity index (χ1v) is 7.98. The van der Waals surface area contributed by atoms with Gasteiger partial charge in [-0.15, -0.1) is 0 Å². The fraction of sp³-hybridized carbons (Fsp3) is 0.455. The predicted molar refractivity (Wildman–Crippen MR) is 71.5 cm³/mol. The molecular formula is C11H12BrF3N2O2S. The van der Waals surface area contributed by atoms with Crippen LogP contribution in [0.15, 0.2) is 27.6 Å². The number of alkyl halides is 3. The fourth-order valence-corrected chi connectivity index (χ4v) is 4.43. The van der Waals surface area contributed by atoms with Crippen LogP contribution in [-0.2, 0) is 10.0 Å². The molecule has 0 aromatic heterocycles. The van der Waals surface area contributed by atoms with E-state index < -0.39 is 28.8 Å². The van der Waals surface area contributed by atoms with Crippen LogP contribution < -0.4 is 5.73 Å². The maximum atomic E-state index is 12.6. The Morgan fingerprint density at radius 1 is 1.35 bits per heavy atom. The molecule has 0 amide bonds. The van der Waals surface area contributed by atoms with E-state index >= 15 is 0 Å². The Kier molecular flexibility index (Phi) is 4.05. The lowest BCUT2D eigenvalue weighted by Gasteiger charge is -2.23. The van der Waals surface area contributed by atoms with Gasteiger partial charge in [-0.1, -0.05) is 0 Å². The smallest absolute Gasteiger partial charge is 0.399 e. The molecule has 4 nitrogen and oxygen atoms in total. The van der Waals surface area contributed by atoms with Crippen LogP contribution in [0.1, 0.15) is 12.8 Å². The van der Waals surface area contributed by atoms with E-state index in [0.29, 0.717) is 17.1 Å². The average Bonchev–Trinajstić information content (AvgIpc) is 3.12. The lowest BCUT2D eigenvalue weighted by atomic mass is 10.3. The number of hydrogen-bond donors (Lipinski definition) is 1. The molecule has 0 unspecified atom stereocenters. The number of sulfonamides is 1. The SMILES string of the molecule is Nc1ccc(Br)c(S(=O)(=O)N(CC(F)(F)F)C2CC2)c1. The van der Waals surface area contributed by atoms with Crippen molar-refractivity contribution >= 4 is 31.6 Å². The van der Waals surface area contributed by atoms with Crippen molar-refractivity contribution in [3.8, 4) is 0 Å². The van der Waals surface area contributed by atoms with Gasteiger partial charge in [0.1, 0.15) is 6.54 Å². The molecule has 0 spiro atoms. The summed E-state index contributed by atoms with van der Waals surface area (Å²) in [4.78, 5) is -0.242. The Labute approximate surface area is 122 Å². The summed E-state index contributed by atoms with van der Waals surface area (Å²) in [5.41, 5.74) is 5.69. The Balaban J connectivity index is 2.43. The normalized spacial score (nSPS) is 16.6. The summed E-state index contributed by atoms with van der Waals surface area (Å²) < 4.78 is 63.2. The highest BCUT2D eigenvalue weighted by Crippen LogP contribution is 2.37. The number of rotatable bonds is 4. The first-order valence-electron chi connectivity index (χ1n) is 5.75. The van der Waals surface area contributed by atoms with Crippen LogP contribution in [-0.4, -0.2) is 31.5 Å². The molecular weight excluding hydrogens is 361 g/mol. The second-order valence-electron chi connectivity index (χ2n) is 4.59. The zero-order valence-corrected chi connectivity index (χ0v) is 12.6. The van der Waals surface area contributed by atoms with E-state index in [-0.39, 0.29) is 15.1 Å². The minimum atomic E-state index is -4.58. The zero-order valence-electron chi connectivity index (χ0n) is 10.2. The van der Waals surface area contributed by atoms with Gasteiger partial charge in [0.05, 0.1) is 4.90 Å². The maximum absolute atomic E-state index is 12.6. The molecule has 9 heteroatoms. The summed E-state index contributed by atoms with van der Waals surface area (Å²) in [6.45, 7) is -1.48. The summed E-state index contributed by atoms with van der Waals surface area (Å²) in [5.74, 6) is 0. The van der Waals surface area contributed by atoms with Gasteiger partial charge in [0, 0.05) is 16.2 Å². The van der Waals surface area contributed by atoms with E-state index in [0.717, 1.165) is 6.07 Å². The lowest BCUT2D eigenvalue weighted by molar-refractivity contribution is -0.137. The number of benzene rings is 1.